The molecule has 1 fully saturated rings. The number of thiazole rings is 1. The molecule has 116 valence electrons. The number of ether oxygens (including phenoxy) is 1. The molecule has 1 aliphatic carbocycles. The molecule has 22 heavy (non-hydrogen) atoms. The van der Waals surface area contributed by atoms with Crippen molar-refractivity contribution >= 4 is 17.2 Å². The van der Waals surface area contributed by atoms with Gasteiger partial charge in [-0.2, -0.15) is 0 Å². The van der Waals surface area contributed by atoms with Crippen LogP contribution in [-0.2, 0) is 6.42 Å². The monoisotopic (exact) mass is 316 g/mol. The van der Waals surface area contributed by atoms with Gasteiger partial charge in [0.15, 0.2) is 0 Å². The minimum absolute atomic E-state index is 0.0169. The number of benzene rings is 1. The lowest BCUT2D eigenvalue weighted by Gasteiger charge is -2.08. The third kappa shape index (κ3) is 3.30. The number of nitrogens with zero attached hydrogens (tertiary/aromatic N) is 1. The third-order valence-corrected chi connectivity index (χ3v) is 5.14. The van der Waals surface area contributed by atoms with Crippen molar-refractivity contribution < 1.29 is 9.53 Å². The summed E-state index contributed by atoms with van der Waals surface area (Å²) in [5.74, 6) is 1.44. The van der Waals surface area contributed by atoms with Gasteiger partial charge in [0.05, 0.1) is 17.8 Å². The van der Waals surface area contributed by atoms with Gasteiger partial charge in [0.2, 0.25) is 0 Å². The smallest absolute Gasteiger partial charge is 0.263 e. The molecule has 1 saturated carbocycles. The zero-order valence-electron chi connectivity index (χ0n) is 12.9. The van der Waals surface area contributed by atoms with Crippen molar-refractivity contribution in [2.24, 2.45) is 0 Å². The first-order chi connectivity index (χ1) is 10.7. The molecule has 0 unspecified atom stereocenters. The van der Waals surface area contributed by atoms with Gasteiger partial charge in [-0.3, -0.25) is 4.79 Å². The summed E-state index contributed by atoms with van der Waals surface area (Å²) in [5.41, 5.74) is 1.95. The normalized spacial score (nSPS) is 13.9. The molecule has 1 heterocycles. The molecular formula is C17H20N2O2S. The largest absolute Gasteiger partial charge is 0.496 e. The lowest BCUT2D eigenvalue weighted by molar-refractivity contribution is 0.0957. The van der Waals surface area contributed by atoms with Crippen molar-refractivity contribution in [3.05, 3.63) is 45.4 Å². The number of nitrogens with one attached hydrogen (secondary N) is 1. The highest BCUT2D eigenvalue weighted by atomic mass is 32.1. The van der Waals surface area contributed by atoms with Gasteiger partial charge in [0.1, 0.15) is 10.6 Å². The summed E-state index contributed by atoms with van der Waals surface area (Å²) in [6.45, 7) is 2.51. The Kier molecular flexibility index (Phi) is 4.43. The van der Waals surface area contributed by atoms with E-state index >= 15 is 0 Å². The van der Waals surface area contributed by atoms with Crippen molar-refractivity contribution in [2.45, 2.75) is 32.1 Å². The van der Waals surface area contributed by atoms with E-state index in [0.29, 0.717) is 12.5 Å². The maximum Gasteiger partial charge on any atom is 0.263 e. The SMILES string of the molecule is COc1ccccc1CCNC(=O)c1sc(C2CC2)nc1C. The van der Waals surface area contributed by atoms with Crippen LogP contribution in [0.5, 0.6) is 5.75 Å². The summed E-state index contributed by atoms with van der Waals surface area (Å²) in [6, 6.07) is 7.89. The lowest BCUT2D eigenvalue weighted by atomic mass is 10.1. The molecule has 0 atom stereocenters. The predicted molar refractivity (Wildman–Crippen MR) is 87.9 cm³/mol. The number of methoxy groups -OCH3 is 1. The van der Waals surface area contributed by atoms with E-state index in [9.17, 15) is 4.79 Å². The maximum absolute atomic E-state index is 12.3. The number of hydrogen-bond acceptors (Lipinski definition) is 4. The Morgan fingerprint density at radius 2 is 2.18 bits per heavy atom. The van der Waals surface area contributed by atoms with Crippen LogP contribution in [0.15, 0.2) is 24.3 Å². The summed E-state index contributed by atoms with van der Waals surface area (Å²) in [4.78, 5) is 17.6. The summed E-state index contributed by atoms with van der Waals surface area (Å²) in [5, 5.41) is 4.11. The summed E-state index contributed by atoms with van der Waals surface area (Å²) in [6.07, 6.45) is 3.17. The van der Waals surface area contributed by atoms with Crippen LogP contribution < -0.4 is 10.1 Å². The fourth-order valence-corrected chi connectivity index (χ4v) is 3.59. The van der Waals surface area contributed by atoms with Crippen LogP contribution in [-0.4, -0.2) is 24.5 Å². The average Bonchev–Trinajstić information content (AvgIpc) is 3.30. The number of aryl methyl sites for hydroxylation is 1. The Morgan fingerprint density at radius 1 is 1.41 bits per heavy atom. The second-order valence-corrected chi connectivity index (χ2v) is 6.59. The van der Waals surface area contributed by atoms with Crippen LogP contribution in [0.3, 0.4) is 0 Å². The van der Waals surface area contributed by atoms with Crippen LogP contribution in [0.25, 0.3) is 0 Å². The minimum Gasteiger partial charge on any atom is -0.496 e. The molecule has 1 N–H and O–H groups in total. The third-order valence-electron chi connectivity index (χ3n) is 3.82. The molecule has 0 bridgehead atoms. The molecule has 5 heteroatoms. The van der Waals surface area contributed by atoms with Crippen LogP contribution in [0.1, 0.15) is 44.7 Å². The molecule has 0 aliphatic heterocycles. The fourth-order valence-electron chi connectivity index (χ4n) is 2.43. The van der Waals surface area contributed by atoms with E-state index in [2.05, 4.69) is 10.3 Å². The molecular weight excluding hydrogens is 296 g/mol. The number of carbonyl (C=O) groups is 1. The molecule has 3 rings (SSSR count). The number of aromatic nitrogens is 1. The molecule has 2 aromatic rings. The molecule has 4 nitrogen and oxygen atoms in total. The van der Waals surface area contributed by atoms with Crippen molar-refractivity contribution in [2.75, 3.05) is 13.7 Å². The van der Waals surface area contributed by atoms with Crippen LogP contribution in [0.2, 0.25) is 0 Å². The lowest BCUT2D eigenvalue weighted by Crippen LogP contribution is -2.25. The van der Waals surface area contributed by atoms with Gasteiger partial charge in [-0.05, 0) is 37.8 Å². The molecule has 0 saturated heterocycles. The van der Waals surface area contributed by atoms with E-state index in [1.807, 2.05) is 31.2 Å². The Hall–Kier alpha value is -1.88. The maximum atomic E-state index is 12.3. The van der Waals surface area contributed by atoms with E-state index in [1.54, 1.807) is 18.4 Å². The Morgan fingerprint density at radius 3 is 2.91 bits per heavy atom. The summed E-state index contributed by atoms with van der Waals surface area (Å²) in [7, 11) is 1.66. The summed E-state index contributed by atoms with van der Waals surface area (Å²) >= 11 is 1.54. The zero-order chi connectivity index (χ0) is 15.5. The van der Waals surface area contributed by atoms with Crippen LogP contribution >= 0.6 is 11.3 Å². The van der Waals surface area contributed by atoms with E-state index < -0.39 is 0 Å². The Bertz CT molecular complexity index is 677. The molecule has 1 amide bonds. The Labute approximate surface area is 134 Å². The van der Waals surface area contributed by atoms with Gasteiger partial charge in [-0.25, -0.2) is 4.98 Å². The van der Waals surface area contributed by atoms with Crippen molar-refractivity contribution in [1.29, 1.82) is 0 Å². The van der Waals surface area contributed by atoms with Crippen molar-refractivity contribution in [3.8, 4) is 5.75 Å². The van der Waals surface area contributed by atoms with E-state index in [-0.39, 0.29) is 5.91 Å². The van der Waals surface area contributed by atoms with Crippen molar-refractivity contribution in [3.63, 3.8) is 0 Å². The molecule has 1 aliphatic rings. The van der Waals surface area contributed by atoms with Gasteiger partial charge in [0.25, 0.3) is 5.91 Å². The first kappa shape index (κ1) is 15.0. The van der Waals surface area contributed by atoms with E-state index in [4.69, 9.17) is 4.74 Å². The molecule has 0 radical (unpaired) electrons. The highest BCUT2D eigenvalue weighted by molar-refractivity contribution is 7.13. The fraction of sp³-hybridized carbons (Fsp3) is 0.412. The number of para-hydroxylation sites is 1. The highest BCUT2D eigenvalue weighted by Gasteiger charge is 2.28. The van der Waals surface area contributed by atoms with Gasteiger partial charge in [-0.1, -0.05) is 18.2 Å². The number of carbonyl (C=O) groups excluding carboxylic acids is 1. The zero-order valence-corrected chi connectivity index (χ0v) is 13.7. The summed E-state index contributed by atoms with van der Waals surface area (Å²) < 4.78 is 5.32. The van der Waals surface area contributed by atoms with Gasteiger partial charge in [0, 0.05) is 12.5 Å². The number of amides is 1. The van der Waals surface area contributed by atoms with Gasteiger partial charge >= 0.3 is 0 Å². The Balaban J connectivity index is 1.58. The quantitative estimate of drug-likeness (QED) is 0.889. The number of hydrogen-bond donors (Lipinski definition) is 1. The van der Waals surface area contributed by atoms with Gasteiger partial charge < -0.3 is 10.1 Å². The second kappa shape index (κ2) is 6.48. The molecule has 0 spiro atoms. The first-order valence-corrected chi connectivity index (χ1v) is 8.38. The minimum atomic E-state index is -0.0169. The highest BCUT2D eigenvalue weighted by Crippen LogP contribution is 2.42. The standard InChI is InChI=1S/C17H20N2O2S/c1-11-15(22-17(19-11)13-7-8-13)16(20)18-10-9-12-5-3-4-6-14(12)21-2/h3-6,13H,7-10H2,1-2H3,(H,18,20). The second-order valence-electron chi connectivity index (χ2n) is 5.56. The van der Waals surface area contributed by atoms with Crippen LogP contribution in [0.4, 0.5) is 0 Å². The first-order valence-electron chi connectivity index (χ1n) is 7.56. The van der Waals surface area contributed by atoms with E-state index in [1.165, 1.54) is 12.8 Å². The van der Waals surface area contributed by atoms with E-state index in [0.717, 1.165) is 33.3 Å². The van der Waals surface area contributed by atoms with Crippen molar-refractivity contribution in [1.82, 2.24) is 10.3 Å². The molecule has 1 aromatic heterocycles. The molecule has 1 aromatic carbocycles. The topological polar surface area (TPSA) is 51.2 Å². The average molecular weight is 316 g/mol. The van der Waals surface area contributed by atoms with Crippen LogP contribution in [0, 0.1) is 6.92 Å². The predicted octanol–water partition coefficient (Wildman–Crippen LogP) is 3.31. The number of rotatable bonds is 6. The van der Waals surface area contributed by atoms with Gasteiger partial charge in [-0.15, -0.1) is 11.3 Å².